The van der Waals surface area contributed by atoms with Gasteiger partial charge in [-0.25, -0.2) is 4.79 Å². The summed E-state index contributed by atoms with van der Waals surface area (Å²) in [5.41, 5.74) is 1.38. The third-order valence-corrected chi connectivity index (χ3v) is 1.87. The Kier molecular flexibility index (Phi) is 3.26. The summed E-state index contributed by atoms with van der Waals surface area (Å²) < 4.78 is 10.1. The topological polar surface area (TPSA) is 47.9 Å². The van der Waals surface area contributed by atoms with Crippen LogP contribution in [0, 0.1) is 6.92 Å². The highest BCUT2D eigenvalue weighted by atomic mass is 16.5. The van der Waals surface area contributed by atoms with Gasteiger partial charge in [0.05, 0.1) is 19.9 Å². The van der Waals surface area contributed by atoms with Gasteiger partial charge in [-0.1, -0.05) is 0 Å². The number of methoxy groups -OCH3 is 2. The maximum Gasteiger partial charge on any atom is 0.240 e. The number of nitrogens with zero attached hydrogens (tertiary/aromatic N) is 1. The van der Waals surface area contributed by atoms with E-state index in [-0.39, 0.29) is 0 Å². The van der Waals surface area contributed by atoms with Gasteiger partial charge in [0.15, 0.2) is 11.5 Å². The minimum absolute atomic E-state index is 0.539. The Hall–Kier alpha value is -1.80. The Morgan fingerprint density at radius 3 is 2.29 bits per heavy atom. The standard InChI is InChI=1S/C10H11NO3/c1-7-4-9(13-2)10(14-3)5-8(7)11-6-12/h4-5H,1-3H3. The number of hydrogen-bond donors (Lipinski definition) is 0. The first kappa shape index (κ1) is 10.3. The zero-order chi connectivity index (χ0) is 10.6. The van der Waals surface area contributed by atoms with Gasteiger partial charge in [-0.15, -0.1) is 0 Å². The van der Waals surface area contributed by atoms with E-state index in [1.165, 1.54) is 13.2 Å². The van der Waals surface area contributed by atoms with Crippen molar-refractivity contribution in [3.8, 4) is 11.5 Å². The molecule has 1 aromatic rings. The number of carbonyl (C=O) groups excluding carboxylic acids is 1. The fraction of sp³-hybridized carbons (Fsp3) is 0.300. The molecule has 0 aliphatic carbocycles. The van der Waals surface area contributed by atoms with Crippen LogP contribution in [-0.4, -0.2) is 20.3 Å². The van der Waals surface area contributed by atoms with E-state index in [1.807, 2.05) is 6.92 Å². The SMILES string of the molecule is COc1cc(C)c(N=C=O)cc1OC. The summed E-state index contributed by atoms with van der Waals surface area (Å²) in [6.45, 7) is 1.83. The summed E-state index contributed by atoms with van der Waals surface area (Å²) in [6.07, 6.45) is 1.49. The molecule has 0 saturated carbocycles. The maximum absolute atomic E-state index is 10.1. The van der Waals surface area contributed by atoms with Crippen molar-refractivity contribution in [3.63, 3.8) is 0 Å². The van der Waals surface area contributed by atoms with E-state index in [0.29, 0.717) is 17.2 Å². The van der Waals surface area contributed by atoms with Gasteiger partial charge in [0.1, 0.15) is 0 Å². The van der Waals surface area contributed by atoms with Crippen LogP contribution in [-0.2, 0) is 4.79 Å². The van der Waals surface area contributed by atoms with E-state index in [2.05, 4.69) is 4.99 Å². The first-order chi connectivity index (χ1) is 6.72. The van der Waals surface area contributed by atoms with Gasteiger partial charge >= 0.3 is 0 Å². The highest BCUT2D eigenvalue weighted by Crippen LogP contribution is 2.33. The summed E-state index contributed by atoms with van der Waals surface area (Å²) in [5.74, 6) is 1.17. The average Bonchev–Trinajstić information content (AvgIpc) is 2.20. The second-order valence-corrected chi connectivity index (χ2v) is 2.70. The molecule has 0 atom stereocenters. The van der Waals surface area contributed by atoms with Crippen LogP contribution in [0.25, 0.3) is 0 Å². The molecule has 74 valence electrons. The number of hydrogen-bond acceptors (Lipinski definition) is 4. The number of ether oxygens (including phenoxy) is 2. The quantitative estimate of drug-likeness (QED) is 0.544. The van der Waals surface area contributed by atoms with Crippen LogP contribution in [0.4, 0.5) is 5.69 Å². The second kappa shape index (κ2) is 4.44. The highest BCUT2D eigenvalue weighted by molar-refractivity contribution is 5.60. The number of benzene rings is 1. The van der Waals surface area contributed by atoms with E-state index in [9.17, 15) is 4.79 Å². The lowest BCUT2D eigenvalue weighted by molar-refractivity contribution is 0.355. The summed E-state index contributed by atoms with van der Waals surface area (Å²) in [7, 11) is 3.08. The van der Waals surface area contributed by atoms with Crippen LogP contribution in [0.1, 0.15) is 5.56 Å². The van der Waals surface area contributed by atoms with Crippen molar-refractivity contribution in [3.05, 3.63) is 17.7 Å². The van der Waals surface area contributed by atoms with Gasteiger partial charge in [0.25, 0.3) is 0 Å². The summed E-state index contributed by atoms with van der Waals surface area (Å²) in [6, 6.07) is 3.40. The van der Waals surface area contributed by atoms with Crippen LogP contribution in [0.2, 0.25) is 0 Å². The molecule has 0 fully saturated rings. The first-order valence-corrected chi connectivity index (χ1v) is 4.03. The predicted octanol–water partition coefficient (Wildman–Crippen LogP) is 1.98. The molecule has 4 nitrogen and oxygen atoms in total. The minimum Gasteiger partial charge on any atom is -0.493 e. The first-order valence-electron chi connectivity index (χ1n) is 4.03. The van der Waals surface area contributed by atoms with Crippen molar-refractivity contribution in [1.29, 1.82) is 0 Å². The zero-order valence-electron chi connectivity index (χ0n) is 8.33. The molecule has 0 radical (unpaired) electrons. The molecule has 0 aliphatic rings. The third kappa shape index (κ3) is 1.92. The predicted molar refractivity (Wildman–Crippen MR) is 52.1 cm³/mol. The van der Waals surface area contributed by atoms with E-state index in [4.69, 9.17) is 9.47 Å². The van der Waals surface area contributed by atoms with E-state index in [0.717, 1.165) is 5.56 Å². The maximum atomic E-state index is 10.1. The summed E-state index contributed by atoms with van der Waals surface area (Å²) in [5, 5.41) is 0. The minimum atomic E-state index is 0.539. The Morgan fingerprint density at radius 2 is 1.79 bits per heavy atom. The number of rotatable bonds is 3. The molecule has 4 heteroatoms. The molecule has 0 unspecified atom stereocenters. The lowest BCUT2D eigenvalue weighted by Gasteiger charge is -2.09. The van der Waals surface area contributed by atoms with Crippen LogP contribution < -0.4 is 9.47 Å². The van der Waals surface area contributed by atoms with E-state index < -0.39 is 0 Å². The second-order valence-electron chi connectivity index (χ2n) is 2.70. The van der Waals surface area contributed by atoms with Gasteiger partial charge in [0.2, 0.25) is 6.08 Å². The molecule has 0 N–H and O–H groups in total. The highest BCUT2D eigenvalue weighted by Gasteiger charge is 2.07. The molecule has 0 bridgehead atoms. The van der Waals surface area contributed by atoms with Crippen molar-refractivity contribution in [1.82, 2.24) is 0 Å². The lowest BCUT2D eigenvalue weighted by atomic mass is 10.2. The van der Waals surface area contributed by atoms with Crippen molar-refractivity contribution in [2.24, 2.45) is 4.99 Å². The van der Waals surface area contributed by atoms with Crippen LogP contribution in [0.5, 0.6) is 11.5 Å². The number of aliphatic imine (C=N–C) groups is 1. The molecular weight excluding hydrogens is 182 g/mol. The molecule has 14 heavy (non-hydrogen) atoms. The summed E-state index contributed by atoms with van der Waals surface area (Å²) >= 11 is 0. The van der Waals surface area contributed by atoms with Crippen LogP contribution >= 0.6 is 0 Å². The molecule has 0 amide bonds. The van der Waals surface area contributed by atoms with Gasteiger partial charge in [-0.3, -0.25) is 0 Å². The molecule has 0 saturated heterocycles. The lowest BCUT2D eigenvalue weighted by Crippen LogP contribution is -1.91. The van der Waals surface area contributed by atoms with Gasteiger partial charge in [-0.05, 0) is 18.6 Å². The Labute approximate surface area is 82.2 Å². The van der Waals surface area contributed by atoms with Gasteiger partial charge < -0.3 is 9.47 Å². The number of isocyanates is 1. The number of aryl methyl sites for hydroxylation is 1. The molecule has 1 aromatic carbocycles. The van der Waals surface area contributed by atoms with Crippen LogP contribution in [0.3, 0.4) is 0 Å². The van der Waals surface area contributed by atoms with Crippen molar-refractivity contribution >= 4 is 11.8 Å². The molecule has 1 rings (SSSR count). The van der Waals surface area contributed by atoms with Crippen molar-refractivity contribution in [2.45, 2.75) is 6.92 Å². The largest absolute Gasteiger partial charge is 0.493 e. The Morgan fingerprint density at radius 1 is 1.21 bits per heavy atom. The average molecular weight is 193 g/mol. The Bertz CT molecular complexity index is 381. The van der Waals surface area contributed by atoms with Gasteiger partial charge in [0, 0.05) is 6.07 Å². The molecule has 0 aliphatic heterocycles. The van der Waals surface area contributed by atoms with Crippen molar-refractivity contribution in [2.75, 3.05) is 14.2 Å². The molecule has 0 heterocycles. The third-order valence-electron chi connectivity index (χ3n) is 1.87. The fourth-order valence-electron chi connectivity index (χ4n) is 1.14. The van der Waals surface area contributed by atoms with Crippen LogP contribution in [0.15, 0.2) is 17.1 Å². The Balaban J connectivity index is 3.29. The normalized spacial score (nSPS) is 9.07. The van der Waals surface area contributed by atoms with E-state index >= 15 is 0 Å². The van der Waals surface area contributed by atoms with Gasteiger partial charge in [-0.2, -0.15) is 4.99 Å². The molecule has 0 aromatic heterocycles. The fourth-order valence-corrected chi connectivity index (χ4v) is 1.14. The molecule has 0 spiro atoms. The zero-order valence-corrected chi connectivity index (χ0v) is 8.33. The smallest absolute Gasteiger partial charge is 0.240 e. The van der Waals surface area contributed by atoms with Crippen molar-refractivity contribution < 1.29 is 14.3 Å². The monoisotopic (exact) mass is 193 g/mol. The molecular formula is C10H11NO3. The van der Waals surface area contributed by atoms with E-state index in [1.54, 1.807) is 19.2 Å². The summed E-state index contributed by atoms with van der Waals surface area (Å²) in [4.78, 5) is 13.7.